The molecule has 0 radical (unpaired) electrons. The van der Waals surface area contributed by atoms with Gasteiger partial charge in [-0.2, -0.15) is 0 Å². The van der Waals surface area contributed by atoms with Gasteiger partial charge in [-0.15, -0.1) is 0 Å². The van der Waals surface area contributed by atoms with Gasteiger partial charge >= 0.3 is 13.1 Å². The minimum absolute atomic E-state index is 0.0119. The second-order valence-corrected chi connectivity index (χ2v) is 6.75. The summed E-state index contributed by atoms with van der Waals surface area (Å²) in [5.41, 5.74) is 12.6. The smallest absolute Gasteiger partial charge is 0.534 e. The molecular formula is C16H23BN4O5. The monoisotopic (exact) mass is 362 g/mol. The van der Waals surface area contributed by atoms with Crippen LogP contribution in [0.2, 0.25) is 0 Å². The molecule has 140 valence electrons. The van der Waals surface area contributed by atoms with Gasteiger partial charge in [-0.1, -0.05) is 12.1 Å². The molecule has 2 aliphatic rings. The third kappa shape index (κ3) is 3.99. The number of aliphatic imine (C=N–C) groups is 1. The topological polar surface area (TPSA) is 155 Å². The highest BCUT2D eigenvalue weighted by molar-refractivity contribution is 6.46. The Bertz CT molecular complexity index is 716. The Labute approximate surface area is 151 Å². The number of para-hydroxylation sites is 1. The van der Waals surface area contributed by atoms with Crippen LogP contribution in [0.3, 0.4) is 0 Å². The van der Waals surface area contributed by atoms with E-state index in [2.05, 4.69) is 4.99 Å². The van der Waals surface area contributed by atoms with E-state index in [1.54, 1.807) is 12.1 Å². The average molecular weight is 362 g/mol. The van der Waals surface area contributed by atoms with Gasteiger partial charge in [0.1, 0.15) is 17.5 Å². The molecule has 0 saturated carbocycles. The zero-order valence-electron chi connectivity index (χ0n) is 14.3. The Kier molecular flexibility index (Phi) is 5.47. The van der Waals surface area contributed by atoms with Crippen LogP contribution in [0, 0.1) is 0 Å². The van der Waals surface area contributed by atoms with Crippen molar-refractivity contribution in [1.82, 2.24) is 4.90 Å². The Hall–Kier alpha value is -2.14. The van der Waals surface area contributed by atoms with E-state index >= 15 is 0 Å². The number of benzene rings is 1. The third-order valence-electron chi connectivity index (χ3n) is 4.75. The number of carboxylic acids is 1. The van der Waals surface area contributed by atoms with Gasteiger partial charge < -0.3 is 31.4 Å². The van der Waals surface area contributed by atoms with Gasteiger partial charge in [0.2, 0.25) is 0 Å². The van der Waals surface area contributed by atoms with Crippen LogP contribution in [0.25, 0.3) is 0 Å². The first-order chi connectivity index (χ1) is 12.3. The first-order valence-corrected chi connectivity index (χ1v) is 8.53. The molecule has 3 atom stereocenters. The van der Waals surface area contributed by atoms with Crippen molar-refractivity contribution in [3.05, 3.63) is 29.3 Å². The molecule has 10 heteroatoms. The van der Waals surface area contributed by atoms with E-state index < -0.39 is 25.1 Å². The minimum Gasteiger partial charge on any atom is -0.534 e. The zero-order valence-corrected chi connectivity index (χ0v) is 14.3. The molecule has 1 fully saturated rings. The van der Waals surface area contributed by atoms with Crippen LogP contribution in [0.4, 0.5) is 0 Å². The fourth-order valence-electron chi connectivity index (χ4n) is 3.35. The van der Waals surface area contributed by atoms with Crippen molar-refractivity contribution in [2.45, 2.75) is 30.9 Å². The number of aromatic carboxylic acids is 1. The van der Waals surface area contributed by atoms with Gasteiger partial charge in [-0.25, -0.2) is 4.79 Å². The standard InChI is InChI=1S/C16H23BN4O5/c18-11-7-21(5-4-12(11)22)8-14(19)20-13-6-9-2-1-3-10(16(23)24)15(9)26-17(13)25/h1-3,11-13,22,25H,4-8,18H2,(H2,19,20)(H,23,24). The first kappa shape index (κ1) is 18.6. The molecule has 26 heavy (non-hydrogen) atoms. The zero-order chi connectivity index (χ0) is 18.8. The lowest BCUT2D eigenvalue weighted by Gasteiger charge is -2.34. The number of carboxylic acid groups (broad SMARTS) is 1. The predicted molar refractivity (Wildman–Crippen MR) is 96.2 cm³/mol. The summed E-state index contributed by atoms with van der Waals surface area (Å²) < 4.78 is 5.40. The van der Waals surface area contributed by atoms with Crippen LogP contribution in [0.15, 0.2) is 23.2 Å². The van der Waals surface area contributed by atoms with E-state index in [9.17, 15) is 20.0 Å². The molecule has 7 N–H and O–H groups in total. The Balaban J connectivity index is 1.69. The van der Waals surface area contributed by atoms with Gasteiger partial charge in [0, 0.05) is 19.1 Å². The molecule has 2 heterocycles. The van der Waals surface area contributed by atoms with Crippen LogP contribution in [0.1, 0.15) is 22.3 Å². The van der Waals surface area contributed by atoms with Crippen molar-refractivity contribution in [2.24, 2.45) is 16.5 Å². The molecule has 1 aromatic rings. The van der Waals surface area contributed by atoms with Crippen molar-refractivity contribution in [2.75, 3.05) is 19.6 Å². The lowest BCUT2D eigenvalue weighted by Crippen LogP contribution is -2.53. The van der Waals surface area contributed by atoms with Crippen molar-refractivity contribution < 1.29 is 24.7 Å². The summed E-state index contributed by atoms with van der Waals surface area (Å²) in [4.78, 5) is 17.6. The molecule has 1 aromatic carbocycles. The van der Waals surface area contributed by atoms with E-state index in [-0.39, 0.29) is 17.4 Å². The van der Waals surface area contributed by atoms with Crippen molar-refractivity contribution in [3.63, 3.8) is 0 Å². The van der Waals surface area contributed by atoms with Crippen LogP contribution < -0.4 is 16.1 Å². The number of hydrogen-bond donors (Lipinski definition) is 5. The molecule has 0 aliphatic carbocycles. The Morgan fingerprint density at radius 1 is 1.46 bits per heavy atom. The molecule has 3 unspecified atom stereocenters. The molecule has 0 bridgehead atoms. The van der Waals surface area contributed by atoms with Gasteiger partial charge in [0.05, 0.1) is 18.2 Å². The van der Waals surface area contributed by atoms with Crippen molar-refractivity contribution in [3.8, 4) is 5.75 Å². The van der Waals surface area contributed by atoms with Crippen LogP contribution in [-0.2, 0) is 6.42 Å². The lowest BCUT2D eigenvalue weighted by atomic mass is 9.72. The maximum atomic E-state index is 11.3. The first-order valence-electron chi connectivity index (χ1n) is 8.53. The van der Waals surface area contributed by atoms with Gasteiger partial charge in [-0.05, 0) is 24.5 Å². The molecule has 0 spiro atoms. The van der Waals surface area contributed by atoms with E-state index in [1.165, 1.54) is 6.07 Å². The summed E-state index contributed by atoms with van der Waals surface area (Å²) in [5, 5.41) is 29.1. The molecule has 3 rings (SSSR count). The highest BCUT2D eigenvalue weighted by Gasteiger charge is 2.37. The van der Waals surface area contributed by atoms with Crippen molar-refractivity contribution in [1.29, 1.82) is 0 Å². The Morgan fingerprint density at radius 2 is 2.23 bits per heavy atom. The number of aliphatic hydroxyl groups excluding tert-OH is 1. The molecule has 1 saturated heterocycles. The largest absolute Gasteiger partial charge is 0.549 e. The fraction of sp³-hybridized carbons (Fsp3) is 0.500. The second-order valence-electron chi connectivity index (χ2n) is 6.75. The second kappa shape index (κ2) is 7.62. The summed E-state index contributed by atoms with van der Waals surface area (Å²) in [7, 11) is -1.27. The number of aliphatic hydroxyl groups is 1. The summed E-state index contributed by atoms with van der Waals surface area (Å²) in [6.45, 7) is 1.57. The third-order valence-corrected chi connectivity index (χ3v) is 4.75. The van der Waals surface area contributed by atoms with Crippen LogP contribution >= 0.6 is 0 Å². The number of likely N-dealkylation sites (tertiary alicyclic amines) is 1. The Morgan fingerprint density at radius 3 is 2.92 bits per heavy atom. The number of hydrogen-bond acceptors (Lipinski definition) is 7. The van der Waals surface area contributed by atoms with Gasteiger partial charge in [0.15, 0.2) is 0 Å². The summed E-state index contributed by atoms with van der Waals surface area (Å²) in [6.07, 6.45) is 0.406. The predicted octanol–water partition coefficient (Wildman–Crippen LogP) is -1.54. The fourth-order valence-corrected chi connectivity index (χ4v) is 3.35. The number of amidine groups is 1. The lowest BCUT2D eigenvalue weighted by molar-refractivity contribution is 0.0689. The normalized spacial score (nSPS) is 27.0. The number of nitrogens with zero attached hydrogens (tertiary/aromatic N) is 2. The summed E-state index contributed by atoms with van der Waals surface area (Å²) in [5.74, 6) is -1.22. The number of nitrogens with two attached hydrogens (primary N) is 2. The van der Waals surface area contributed by atoms with E-state index in [4.69, 9.17) is 16.1 Å². The van der Waals surface area contributed by atoms with Gasteiger partial charge in [0.25, 0.3) is 0 Å². The maximum Gasteiger partial charge on any atom is 0.549 e. The number of piperidine rings is 1. The SMILES string of the molecule is NC(CN1CCC(O)C(N)C1)=NC1Cc2cccc(C(=O)O)c2OB1O. The molecule has 0 aromatic heterocycles. The van der Waals surface area contributed by atoms with E-state index in [1.807, 2.05) is 4.90 Å². The maximum absolute atomic E-state index is 11.3. The highest BCUT2D eigenvalue weighted by Crippen LogP contribution is 2.31. The van der Waals surface area contributed by atoms with Crippen LogP contribution in [-0.4, -0.2) is 76.8 Å². The van der Waals surface area contributed by atoms with Crippen LogP contribution in [0.5, 0.6) is 5.75 Å². The summed E-state index contributed by atoms with van der Waals surface area (Å²) in [6, 6.07) is 4.49. The number of rotatable bonds is 4. The molecular weight excluding hydrogens is 339 g/mol. The number of fused-ring (bicyclic) bond motifs is 1. The van der Waals surface area contributed by atoms with Gasteiger partial charge in [-0.3, -0.25) is 9.89 Å². The molecule has 9 nitrogen and oxygen atoms in total. The molecule has 0 amide bonds. The molecule has 2 aliphatic heterocycles. The number of carbonyl (C=O) groups is 1. The minimum atomic E-state index is -1.27. The average Bonchev–Trinajstić information content (AvgIpc) is 2.58. The quantitative estimate of drug-likeness (QED) is 0.245. The van der Waals surface area contributed by atoms with E-state index in [0.29, 0.717) is 43.9 Å². The van der Waals surface area contributed by atoms with Crippen molar-refractivity contribution >= 4 is 18.9 Å². The van der Waals surface area contributed by atoms with E-state index in [0.717, 1.165) is 0 Å². The highest BCUT2D eigenvalue weighted by atomic mass is 16.5. The summed E-state index contributed by atoms with van der Waals surface area (Å²) >= 11 is 0.